The average Bonchev–Trinajstić information content (AvgIpc) is 3.00. The number of nitrogens with zero attached hydrogens (tertiary/aromatic N) is 2. The van der Waals surface area contributed by atoms with Crippen LogP contribution in [0.4, 0.5) is 5.69 Å². The largest absolute Gasteiger partial charge is 0.495 e. The van der Waals surface area contributed by atoms with Crippen LogP contribution in [0.1, 0.15) is 50.2 Å². The summed E-state index contributed by atoms with van der Waals surface area (Å²) >= 11 is 12.4. The molecule has 4 rings (SSSR count). The molecule has 2 amide bonds. The Labute approximate surface area is 264 Å². The fourth-order valence-corrected chi connectivity index (χ4v) is 6.97. The molecule has 43 heavy (non-hydrogen) atoms. The number of benzene rings is 3. The van der Waals surface area contributed by atoms with Gasteiger partial charge in [0.15, 0.2) is 0 Å². The van der Waals surface area contributed by atoms with Crippen LogP contribution in [-0.4, -0.2) is 50.9 Å². The van der Waals surface area contributed by atoms with E-state index < -0.39 is 28.5 Å². The number of aryl methyl sites for hydroxylation is 1. The molecule has 1 aliphatic rings. The Kier molecular flexibility index (Phi) is 11.0. The first kappa shape index (κ1) is 32.6. The molecule has 1 saturated carbocycles. The number of carbonyl (C=O) groups excluding carboxylic acids is 2. The minimum absolute atomic E-state index is 0.0130. The summed E-state index contributed by atoms with van der Waals surface area (Å²) in [6.07, 6.45) is 4.98. The number of nitrogens with one attached hydrogen (secondary N) is 1. The van der Waals surface area contributed by atoms with Crippen LogP contribution in [0, 0.1) is 6.92 Å². The van der Waals surface area contributed by atoms with E-state index in [1.165, 1.54) is 24.1 Å². The fourth-order valence-electron chi connectivity index (χ4n) is 5.21. The number of amides is 2. The number of ether oxygens (including phenoxy) is 1. The quantitative estimate of drug-likeness (QED) is 0.261. The lowest BCUT2D eigenvalue weighted by atomic mass is 9.95. The minimum atomic E-state index is -4.22. The molecule has 0 unspecified atom stereocenters. The molecule has 230 valence electrons. The molecule has 1 atom stereocenters. The van der Waals surface area contributed by atoms with E-state index in [-0.39, 0.29) is 34.8 Å². The second-order valence-electron chi connectivity index (χ2n) is 10.8. The first-order chi connectivity index (χ1) is 20.5. The molecule has 1 fully saturated rings. The topological polar surface area (TPSA) is 96.0 Å². The lowest BCUT2D eigenvalue weighted by Gasteiger charge is -2.33. The van der Waals surface area contributed by atoms with Gasteiger partial charge in [0.25, 0.3) is 10.0 Å². The van der Waals surface area contributed by atoms with E-state index in [0.717, 1.165) is 42.0 Å². The summed E-state index contributed by atoms with van der Waals surface area (Å²) in [5.41, 5.74) is 1.64. The van der Waals surface area contributed by atoms with Crippen molar-refractivity contribution >= 4 is 50.7 Å². The zero-order valence-electron chi connectivity index (χ0n) is 24.6. The van der Waals surface area contributed by atoms with Crippen molar-refractivity contribution in [3.8, 4) is 5.75 Å². The van der Waals surface area contributed by atoms with Crippen LogP contribution in [-0.2, 0) is 26.2 Å². The molecule has 1 aliphatic carbocycles. The van der Waals surface area contributed by atoms with Gasteiger partial charge in [-0.2, -0.15) is 0 Å². The van der Waals surface area contributed by atoms with E-state index >= 15 is 0 Å². The fraction of sp³-hybridized carbons (Fsp3) is 0.375. The number of anilines is 1. The normalized spacial score (nSPS) is 14.5. The summed E-state index contributed by atoms with van der Waals surface area (Å²) in [7, 11) is -2.78. The number of carbonyl (C=O) groups is 2. The van der Waals surface area contributed by atoms with Gasteiger partial charge in [0.05, 0.1) is 27.7 Å². The van der Waals surface area contributed by atoms with Gasteiger partial charge in [0.2, 0.25) is 11.8 Å². The molecular formula is C32H37Cl2N3O5S. The second-order valence-corrected chi connectivity index (χ2v) is 13.5. The van der Waals surface area contributed by atoms with Gasteiger partial charge < -0.3 is 15.0 Å². The Hall–Kier alpha value is -3.27. The summed E-state index contributed by atoms with van der Waals surface area (Å²) < 4.78 is 34.7. The molecule has 1 N–H and O–H groups in total. The molecule has 0 heterocycles. The Morgan fingerprint density at radius 3 is 2.33 bits per heavy atom. The summed E-state index contributed by atoms with van der Waals surface area (Å²) in [6.45, 7) is 2.92. The van der Waals surface area contributed by atoms with Crippen molar-refractivity contribution < 1.29 is 22.7 Å². The third-order valence-electron chi connectivity index (χ3n) is 7.67. The van der Waals surface area contributed by atoms with Gasteiger partial charge in [0, 0.05) is 12.6 Å². The maximum Gasteiger partial charge on any atom is 0.264 e. The number of hydrogen-bond acceptors (Lipinski definition) is 5. The van der Waals surface area contributed by atoms with Crippen LogP contribution >= 0.6 is 23.2 Å². The minimum Gasteiger partial charge on any atom is -0.495 e. The van der Waals surface area contributed by atoms with E-state index in [2.05, 4.69) is 5.32 Å². The van der Waals surface area contributed by atoms with Crippen LogP contribution in [0.2, 0.25) is 10.0 Å². The van der Waals surface area contributed by atoms with Gasteiger partial charge in [-0.3, -0.25) is 13.9 Å². The summed E-state index contributed by atoms with van der Waals surface area (Å²) in [5.74, 6) is -0.580. The van der Waals surface area contributed by atoms with E-state index in [1.54, 1.807) is 61.5 Å². The zero-order valence-corrected chi connectivity index (χ0v) is 26.9. The lowest BCUT2D eigenvalue weighted by Crippen LogP contribution is -2.53. The van der Waals surface area contributed by atoms with Crippen LogP contribution in [0.15, 0.2) is 71.6 Å². The highest BCUT2D eigenvalue weighted by Gasteiger charge is 2.34. The molecule has 3 aromatic carbocycles. The zero-order chi connectivity index (χ0) is 31.1. The van der Waals surface area contributed by atoms with Crippen LogP contribution in [0.5, 0.6) is 5.75 Å². The first-order valence-corrected chi connectivity index (χ1v) is 16.5. The van der Waals surface area contributed by atoms with Crippen molar-refractivity contribution in [1.29, 1.82) is 0 Å². The highest BCUT2D eigenvalue weighted by atomic mass is 35.5. The van der Waals surface area contributed by atoms with Gasteiger partial charge in [-0.1, -0.05) is 72.8 Å². The standard InChI is InChI=1S/C32H37Cl2N3O5S/c1-22-14-17-30(42-3)29(18-22)37(43(40,41)26-12-8-5-9-13-26)21-31(38)36(20-24-15-16-27(33)28(34)19-24)23(2)32(39)35-25-10-6-4-7-11-25/h5,8-9,12-19,23,25H,4,6-7,10-11,20-21H2,1-3H3,(H,35,39)/t23-/m1/s1. The Bertz CT molecular complexity index is 1550. The molecule has 0 aliphatic heterocycles. The van der Waals surface area contributed by atoms with E-state index in [9.17, 15) is 18.0 Å². The maximum atomic E-state index is 14.2. The van der Waals surface area contributed by atoms with Crippen molar-refractivity contribution in [3.05, 3.63) is 87.9 Å². The van der Waals surface area contributed by atoms with Crippen LogP contribution in [0.25, 0.3) is 0 Å². The van der Waals surface area contributed by atoms with Crippen molar-refractivity contribution in [3.63, 3.8) is 0 Å². The Morgan fingerprint density at radius 1 is 0.977 bits per heavy atom. The van der Waals surface area contributed by atoms with Gasteiger partial charge in [0.1, 0.15) is 18.3 Å². The van der Waals surface area contributed by atoms with Gasteiger partial charge in [-0.25, -0.2) is 8.42 Å². The molecule has 0 spiro atoms. The number of sulfonamides is 1. The molecule has 11 heteroatoms. The van der Waals surface area contributed by atoms with Gasteiger partial charge >= 0.3 is 0 Å². The third kappa shape index (κ3) is 8.02. The summed E-state index contributed by atoms with van der Waals surface area (Å²) in [4.78, 5) is 29.1. The molecule has 0 bridgehead atoms. The maximum absolute atomic E-state index is 14.2. The SMILES string of the molecule is COc1ccc(C)cc1N(CC(=O)N(Cc1ccc(Cl)c(Cl)c1)[C@H](C)C(=O)NC1CCCCC1)S(=O)(=O)c1ccccc1. The highest BCUT2D eigenvalue weighted by molar-refractivity contribution is 7.92. The summed E-state index contributed by atoms with van der Waals surface area (Å²) in [5, 5.41) is 3.76. The van der Waals surface area contributed by atoms with Gasteiger partial charge in [-0.05, 0) is 74.2 Å². The second kappa shape index (κ2) is 14.5. The first-order valence-electron chi connectivity index (χ1n) is 14.3. The van der Waals surface area contributed by atoms with Crippen LogP contribution in [0.3, 0.4) is 0 Å². The predicted octanol–water partition coefficient (Wildman–Crippen LogP) is 6.37. The number of methoxy groups -OCH3 is 1. The predicted molar refractivity (Wildman–Crippen MR) is 170 cm³/mol. The number of hydrogen-bond donors (Lipinski definition) is 1. The lowest BCUT2D eigenvalue weighted by molar-refractivity contribution is -0.139. The Morgan fingerprint density at radius 2 is 1.67 bits per heavy atom. The third-order valence-corrected chi connectivity index (χ3v) is 10.2. The highest BCUT2D eigenvalue weighted by Crippen LogP contribution is 2.34. The molecule has 0 aromatic heterocycles. The molecular weight excluding hydrogens is 609 g/mol. The van der Waals surface area contributed by atoms with Crippen molar-refractivity contribution in [1.82, 2.24) is 10.2 Å². The number of halogens is 2. The molecule has 8 nitrogen and oxygen atoms in total. The van der Waals surface area contributed by atoms with Crippen LogP contribution < -0.4 is 14.4 Å². The van der Waals surface area contributed by atoms with E-state index in [4.69, 9.17) is 27.9 Å². The molecule has 0 saturated heterocycles. The smallest absolute Gasteiger partial charge is 0.264 e. The van der Waals surface area contributed by atoms with Gasteiger partial charge in [-0.15, -0.1) is 0 Å². The van der Waals surface area contributed by atoms with Crippen molar-refractivity contribution in [2.24, 2.45) is 0 Å². The Balaban J connectivity index is 1.73. The molecule has 3 aromatic rings. The summed E-state index contributed by atoms with van der Waals surface area (Å²) in [6, 6.07) is 17.2. The molecule has 0 radical (unpaired) electrons. The number of rotatable bonds is 11. The van der Waals surface area contributed by atoms with E-state index in [0.29, 0.717) is 15.6 Å². The van der Waals surface area contributed by atoms with E-state index in [1.807, 2.05) is 6.92 Å². The average molecular weight is 647 g/mol. The van der Waals surface area contributed by atoms with Crippen molar-refractivity contribution in [2.75, 3.05) is 18.0 Å². The monoisotopic (exact) mass is 645 g/mol. The van der Waals surface area contributed by atoms with Crippen molar-refractivity contribution in [2.45, 2.75) is 69.5 Å².